The Balaban J connectivity index is 3.26. The van der Waals surface area contributed by atoms with Crippen molar-refractivity contribution in [3.8, 4) is 0 Å². The first-order valence-corrected chi connectivity index (χ1v) is 4.31. The molecular weight excluding hydrogens is 225 g/mol. The fourth-order valence-corrected chi connectivity index (χ4v) is 1.35. The van der Waals surface area contributed by atoms with E-state index in [0.717, 1.165) is 12.1 Å². The van der Waals surface area contributed by atoms with Crippen molar-refractivity contribution in [2.24, 2.45) is 5.73 Å². The summed E-state index contributed by atoms with van der Waals surface area (Å²) in [6.07, 6.45) is -4.61. The second-order valence-electron chi connectivity index (χ2n) is 3.27. The Morgan fingerprint density at radius 2 is 2.00 bits per heavy atom. The van der Waals surface area contributed by atoms with Crippen LogP contribution >= 0.6 is 0 Å². The molecule has 0 aliphatic heterocycles. The number of nitro groups is 1. The van der Waals surface area contributed by atoms with Crippen molar-refractivity contribution < 1.29 is 18.1 Å². The van der Waals surface area contributed by atoms with Crippen LogP contribution in [0.5, 0.6) is 0 Å². The summed E-state index contributed by atoms with van der Waals surface area (Å²) in [5, 5.41) is 10.5. The van der Waals surface area contributed by atoms with E-state index in [1.54, 1.807) is 0 Å². The van der Waals surface area contributed by atoms with E-state index in [2.05, 4.69) is 0 Å². The maximum Gasteiger partial charge on any atom is 0.407 e. The molecule has 1 aromatic rings. The van der Waals surface area contributed by atoms with Gasteiger partial charge in [-0.2, -0.15) is 13.2 Å². The quantitative estimate of drug-likeness (QED) is 0.631. The highest BCUT2D eigenvalue weighted by Gasteiger charge is 2.39. The maximum absolute atomic E-state index is 12.4. The molecule has 88 valence electrons. The van der Waals surface area contributed by atoms with E-state index >= 15 is 0 Å². The third-order valence-corrected chi connectivity index (χ3v) is 2.23. The smallest absolute Gasteiger partial charge is 0.316 e. The lowest BCUT2D eigenvalue weighted by molar-refractivity contribution is -0.385. The third-order valence-electron chi connectivity index (χ3n) is 2.23. The molecule has 16 heavy (non-hydrogen) atoms. The summed E-state index contributed by atoms with van der Waals surface area (Å²) in [7, 11) is 0. The molecule has 7 heteroatoms. The van der Waals surface area contributed by atoms with E-state index in [-0.39, 0.29) is 16.8 Å². The molecule has 0 spiro atoms. The first kappa shape index (κ1) is 12.4. The SMILES string of the molecule is Cc1c([C@H](N)C(F)(F)F)cccc1[N+](=O)[O-]. The van der Waals surface area contributed by atoms with Gasteiger partial charge in [0.2, 0.25) is 0 Å². The second-order valence-corrected chi connectivity index (χ2v) is 3.27. The molecule has 0 unspecified atom stereocenters. The fourth-order valence-electron chi connectivity index (χ4n) is 1.35. The van der Waals surface area contributed by atoms with Crippen LogP contribution < -0.4 is 5.73 Å². The minimum absolute atomic E-state index is 0.0580. The summed E-state index contributed by atoms with van der Waals surface area (Å²) >= 11 is 0. The topological polar surface area (TPSA) is 69.2 Å². The summed E-state index contributed by atoms with van der Waals surface area (Å²) < 4.78 is 37.1. The number of benzene rings is 1. The number of nitrogens with zero attached hydrogens (tertiary/aromatic N) is 1. The van der Waals surface area contributed by atoms with Crippen LogP contribution in [0.3, 0.4) is 0 Å². The van der Waals surface area contributed by atoms with Crippen LogP contribution in [0.4, 0.5) is 18.9 Å². The first-order chi connectivity index (χ1) is 7.25. The molecule has 0 aliphatic carbocycles. The lowest BCUT2D eigenvalue weighted by Crippen LogP contribution is -2.29. The Hall–Kier alpha value is -1.63. The predicted octanol–water partition coefficient (Wildman–Crippen LogP) is 2.47. The van der Waals surface area contributed by atoms with Gasteiger partial charge in [-0.25, -0.2) is 0 Å². The van der Waals surface area contributed by atoms with Gasteiger partial charge in [0.05, 0.1) is 4.92 Å². The van der Waals surface area contributed by atoms with Crippen molar-refractivity contribution >= 4 is 5.69 Å². The number of halogens is 3. The normalized spacial score (nSPS) is 13.6. The molecule has 0 saturated carbocycles. The highest BCUT2D eigenvalue weighted by molar-refractivity contribution is 5.46. The van der Waals surface area contributed by atoms with Gasteiger partial charge in [-0.15, -0.1) is 0 Å². The van der Waals surface area contributed by atoms with Gasteiger partial charge in [-0.05, 0) is 12.5 Å². The van der Waals surface area contributed by atoms with Crippen molar-refractivity contribution in [1.82, 2.24) is 0 Å². The van der Waals surface area contributed by atoms with Crippen LogP contribution in [0.25, 0.3) is 0 Å². The first-order valence-electron chi connectivity index (χ1n) is 4.31. The van der Waals surface area contributed by atoms with E-state index in [9.17, 15) is 23.3 Å². The standard InChI is InChI=1S/C9H9F3N2O2/c1-5-6(8(13)9(10,11)12)3-2-4-7(5)14(15)16/h2-4,8H,13H2,1H3/t8-/m0/s1. The number of alkyl halides is 3. The zero-order chi connectivity index (χ0) is 12.5. The minimum Gasteiger partial charge on any atom is -0.316 e. The molecule has 0 fully saturated rings. The second kappa shape index (κ2) is 4.09. The maximum atomic E-state index is 12.4. The molecule has 1 aromatic carbocycles. The third kappa shape index (κ3) is 2.30. The van der Waals surface area contributed by atoms with E-state index in [1.807, 2.05) is 0 Å². The Kier molecular flexibility index (Phi) is 3.18. The van der Waals surface area contributed by atoms with Crippen LogP contribution in [-0.2, 0) is 0 Å². The van der Waals surface area contributed by atoms with Gasteiger partial charge in [0, 0.05) is 11.6 Å². The van der Waals surface area contributed by atoms with Gasteiger partial charge in [0.25, 0.3) is 5.69 Å². The van der Waals surface area contributed by atoms with Gasteiger partial charge in [0.1, 0.15) is 6.04 Å². The van der Waals surface area contributed by atoms with Crippen molar-refractivity contribution in [2.75, 3.05) is 0 Å². The van der Waals surface area contributed by atoms with Gasteiger partial charge in [0.15, 0.2) is 0 Å². The number of hydrogen-bond acceptors (Lipinski definition) is 3. The molecule has 0 amide bonds. The zero-order valence-electron chi connectivity index (χ0n) is 8.28. The molecular formula is C9H9F3N2O2. The minimum atomic E-state index is -4.61. The van der Waals surface area contributed by atoms with E-state index in [1.165, 1.54) is 13.0 Å². The number of nitro benzene ring substituents is 1. The zero-order valence-corrected chi connectivity index (χ0v) is 8.28. The summed E-state index contributed by atoms with van der Waals surface area (Å²) in [5.41, 5.74) is 4.30. The molecule has 1 rings (SSSR count). The average Bonchev–Trinajstić information content (AvgIpc) is 2.15. The lowest BCUT2D eigenvalue weighted by atomic mass is 10.00. The number of hydrogen-bond donors (Lipinski definition) is 1. The summed E-state index contributed by atoms with van der Waals surface area (Å²) in [4.78, 5) is 9.80. The molecule has 4 nitrogen and oxygen atoms in total. The lowest BCUT2D eigenvalue weighted by Gasteiger charge is -2.17. The summed E-state index contributed by atoms with van der Waals surface area (Å²) in [5.74, 6) is 0. The van der Waals surface area contributed by atoms with Gasteiger partial charge >= 0.3 is 6.18 Å². The Morgan fingerprint density at radius 1 is 1.44 bits per heavy atom. The molecule has 1 atom stereocenters. The highest BCUT2D eigenvalue weighted by atomic mass is 19.4. The average molecular weight is 234 g/mol. The van der Waals surface area contributed by atoms with Crippen LogP contribution in [-0.4, -0.2) is 11.1 Å². The Bertz CT molecular complexity index is 418. The number of rotatable bonds is 2. The van der Waals surface area contributed by atoms with Crippen LogP contribution in [0.15, 0.2) is 18.2 Å². The van der Waals surface area contributed by atoms with Crippen molar-refractivity contribution in [1.29, 1.82) is 0 Å². The molecule has 0 saturated heterocycles. The fraction of sp³-hybridized carbons (Fsp3) is 0.333. The van der Waals surface area contributed by atoms with Crippen LogP contribution in [0, 0.1) is 17.0 Å². The summed E-state index contributed by atoms with van der Waals surface area (Å²) in [6.45, 7) is 1.25. The van der Waals surface area contributed by atoms with E-state index in [4.69, 9.17) is 5.73 Å². The van der Waals surface area contributed by atoms with Gasteiger partial charge < -0.3 is 5.73 Å². The van der Waals surface area contributed by atoms with Crippen molar-refractivity contribution in [3.63, 3.8) is 0 Å². The molecule has 0 aliphatic rings. The van der Waals surface area contributed by atoms with E-state index < -0.39 is 17.1 Å². The summed E-state index contributed by atoms with van der Waals surface area (Å²) in [6, 6.07) is 1.27. The largest absolute Gasteiger partial charge is 0.407 e. The number of nitrogens with two attached hydrogens (primary N) is 1. The van der Waals surface area contributed by atoms with Crippen molar-refractivity contribution in [2.45, 2.75) is 19.1 Å². The van der Waals surface area contributed by atoms with Gasteiger partial charge in [-0.3, -0.25) is 10.1 Å². The molecule has 0 aromatic heterocycles. The van der Waals surface area contributed by atoms with E-state index in [0.29, 0.717) is 0 Å². The van der Waals surface area contributed by atoms with Crippen molar-refractivity contribution in [3.05, 3.63) is 39.4 Å². The Morgan fingerprint density at radius 3 is 2.44 bits per heavy atom. The molecule has 0 bridgehead atoms. The molecule has 0 radical (unpaired) electrons. The van der Waals surface area contributed by atoms with Gasteiger partial charge in [-0.1, -0.05) is 12.1 Å². The predicted molar refractivity (Wildman–Crippen MR) is 50.8 cm³/mol. The Labute approximate surface area is 89.0 Å². The molecule has 0 heterocycles. The van der Waals surface area contributed by atoms with Crippen LogP contribution in [0.2, 0.25) is 0 Å². The highest BCUT2D eigenvalue weighted by Crippen LogP contribution is 2.34. The van der Waals surface area contributed by atoms with Crippen LogP contribution in [0.1, 0.15) is 17.2 Å². The molecule has 2 N–H and O–H groups in total. The monoisotopic (exact) mass is 234 g/mol.